The van der Waals surface area contributed by atoms with Gasteiger partial charge in [0.05, 0.1) is 18.8 Å². The number of hydrogen-bond donors (Lipinski definition) is 2. The average molecular weight is 234 g/mol. The number of amidine groups is 1. The van der Waals surface area contributed by atoms with Gasteiger partial charge in [0.25, 0.3) is 0 Å². The van der Waals surface area contributed by atoms with E-state index in [1.165, 1.54) is 0 Å². The van der Waals surface area contributed by atoms with Crippen LogP contribution < -0.4 is 10.6 Å². The summed E-state index contributed by atoms with van der Waals surface area (Å²) in [5.41, 5.74) is 6.06. The number of hydrogen-bond acceptors (Lipinski definition) is 4. The van der Waals surface area contributed by atoms with Gasteiger partial charge in [-0.25, -0.2) is 4.98 Å². The molecule has 0 unspecified atom stereocenters. The minimum Gasteiger partial charge on any atom is -0.384 e. The van der Waals surface area contributed by atoms with Gasteiger partial charge in [-0.3, -0.25) is 5.41 Å². The Morgan fingerprint density at radius 2 is 2.29 bits per heavy atom. The van der Waals surface area contributed by atoms with E-state index in [2.05, 4.69) is 23.7 Å². The Hall–Kier alpha value is -1.62. The molecule has 2 atom stereocenters. The van der Waals surface area contributed by atoms with E-state index in [0.717, 1.165) is 19.0 Å². The molecule has 0 bridgehead atoms. The van der Waals surface area contributed by atoms with E-state index < -0.39 is 0 Å². The number of aromatic nitrogens is 1. The van der Waals surface area contributed by atoms with Crippen molar-refractivity contribution < 1.29 is 4.74 Å². The van der Waals surface area contributed by atoms with E-state index in [1.54, 1.807) is 6.20 Å². The Labute approximate surface area is 101 Å². The largest absolute Gasteiger partial charge is 0.384 e. The summed E-state index contributed by atoms with van der Waals surface area (Å²) in [6, 6.07) is 4.06. The molecule has 0 amide bonds. The average Bonchev–Trinajstić information content (AvgIpc) is 2.32. The standard InChI is InChI=1S/C12H18N4O/c1-8-7-17-9(2)6-16(8)11-4-3-10(5-15-11)12(13)14/h3-5,8-9H,6-7H2,1-2H3,(H3,13,14)/t8-,9-/m0/s1. The predicted octanol–water partition coefficient (Wildman–Crippen LogP) is 0.979. The number of anilines is 1. The van der Waals surface area contributed by atoms with Gasteiger partial charge in [0.15, 0.2) is 0 Å². The molecule has 1 aliphatic heterocycles. The first kappa shape index (κ1) is 11.9. The van der Waals surface area contributed by atoms with Crippen LogP contribution in [-0.4, -0.2) is 36.1 Å². The van der Waals surface area contributed by atoms with Gasteiger partial charge in [0, 0.05) is 18.3 Å². The number of ether oxygens (including phenoxy) is 1. The van der Waals surface area contributed by atoms with Gasteiger partial charge in [-0.05, 0) is 26.0 Å². The van der Waals surface area contributed by atoms with Crippen molar-refractivity contribution in [1.82, 2.24) is 4.98 Å². The van der Waals surface area contributed by atoms with Gasteiger partial charge in [-0.1, -0.05) is 0 Å². The highest BCUT2D eigenvalue weighted by molar-refractivity contribution is 5.94. The van der Waals surface area contributed by atoms with E-state index in [0.29, 0.717) is 11.6 Å². The maximum absolute atomic E-state index is 7.33. The van der Waals surface area contributed by atoms with Crippen LogP contribution in [0.2, 0.25) is 0 Å². The SMILES string of the molecule is C[C@H]1CN(c2ccc(C(=N)N)cn2)[C@@H](C)CO1. The van der Waals surface area contributed by atoms with Gasteiger partial charge in [0.2, 0.25) is 0 Å². The molecule has 0 aromatic carbocycles. The number of nitrogens with one attached hydrogen (secondary N) is 1. The Bertz CT molecular complexity index is 403. The predicted molar refractivity (Wildman–Crippen MR) is 67.5 cm³/mol. The van der Waals surface area contributed by atoms with Crippen LogP contribution in [0.1, 0.15) is 19.4 Å². The molecule has 1 aliphatic rings. The molecule has 0 aliphatic carbocycles. The second-order valence-electron chi connectivity index (χ2n) is 4.46. The van der Waals surface area contributed by atoms with Gasteiger partial charge < -0.3 is 15.4 Å². The van der Waals surface area contributed by atoms with Crippen LogP contribution in [0, 0.1) is 5.41 Å². The molecule has 5 nitrogen and oxygen atoms in total. The number of nitrogens with two attached hydrogens (primary N) is 1. The minimum absolute atomic E-state index is 0.0486. The van der Waals surface area contributed by atoms with Gasteiger partial charge in [-0.15, -0.1) is 0 Å². The minimum atomic E-state index is 0.0486. The highest BCUT2D eigenvalue weighted by atomic mass is 16.5. The second kappa shape index (κ2) is 4.71. The lowest BCUT2D eigenvalue weighted by molar-refractivity contribution is 0.0340. The molecule has 17 heavy (non-hydrogen) atoms. The lowest BCUT2D eigenvalue weighted by Gasteiger charge is -2.37. The van der Waals surface area contributed by atoms with Crippen molar-refractivity contribution in [3.63, 3.8) is 0 Å². The molecular formula is C12H18N4O. The van der Waals surface area contributed by atoms with Crippen LogP contribution in [0.3, 0.4) is 0 Å². The first-order valence-corrected chi connectivity index (χ1v) is 5.76. The van der Waals surface area contributed by atoms with Gasteiger partial charge in [-0.2, -0.15) is 0 Å². The lowest BCUT2D eigenvalue weighted by atomic mass is 10.2. The molecule has 1 fully saturated rings. The topological polar surface area (TPSA) is 75.2 Å². The smallest absolute Gasteiger partial charge is 0.128 e. The quantitative estimate of drug-likeness (QED) is 0.591. The Morgan fingerprint density at radius 1 is 1.53 bits per heavy atom. The number of nitrogen functional groups attached to an aromatic ring is 1. The number of morpholine rings is 1. The van der Waals surface area contributed by atoms with Crippen molar-refractivity contribution in [3.8, 4) is 0 Å². The molecule has 0 spiro atoms. The summed E-state index contributed by atoms with van der Waals surface area (Å²) in [5.74, 6) is 0.963. The second-order valence-corrected chi connectivity index (χ2v) is 4.46. The molecule has 1 aromatic heterocycles. The summed E-state index contributed by atoms with van der Waals surface area (Å²) in [7, 11) is 0. The fourth-order valence-electron chi connectivity index (χ4n) is 1.94. The fraction of sp³-hybridized carbons (Fsp3) is 0.500. The molecule has 1 aromatic rings. The van der Waals surface area contributed by atoms with E-state index in [4.69, 9.17) is 15.9 Å². The van der Waals surface area contributed by atoms with Crippen LogP contribution in [0.5, 0.6) is 0 Å². The third-order valence-electron chi connectivity index (χ3n) is 2.96. The van der Waals surface area contributed by atoms with Gasteiger partial charge in [0.1, 0.15) is 11.7 Å². The highest BCUT2D eigenvalue weighted by Gasteiger charge is 2.24. The number of rotatable bonds is 2. The molecule has 2 rings (SSSR count). The zero-order chi connectivity index (χ0) is 12.4. The van der Waals surface area contributed by atoms with Crippen molar-refractivity contribution in [2.24, 2.45) is 5.73 Å². The summed E-state index contributed by atoms with van der Waals surface area (Å²) in [6.45, 7) is 5.74. The molecular weight excluding hydrogens is 216 g/mol. The third kappa shape index (κ3) is 2.55. The maximum Gasteiger partial charge on any atom is 0.128 e. The van der Waals surface area contributed by atoms with Crippen molar-refractivity contribution in [2.75, 3.05) is 18.1 Å². The molecule has 2 heterocycles. The van der Waals surface area contributed by atoms with Crippen molar-refractivity contribution in [3.05, 3.63) is 23.9 Å². The summed E-state index contributed by atoms with van der Waals surface area (Å²) >= 11 is 0. The van der Waals surface area contributed by atoms with Crippen molar-refractivity contribution >= 4 is 11.7 Å². The Kier molecular flexibility index (Phi) is 3.28. The maximum atomic E-state index is 7.33. The molecule has 0 saturated carbocycles. The molecule has 3 N–H and O–H groups in total. The van der Waals surface area contributed by atoms with Crippen LogP contribution >= 0.6 is 0 Å². The van der Waals surface area contributed by atoms with Crippen LogP contribution in [-0.2, 0) is 4.74 Å². The molecule has 0 radical (unpaired) electrons. The Balaban J connectivity index is 2.18. The summed E-state index contributed by atoms with van der Waals surface area (Å²) in [4.78, 5) is 6.58. The summed E-state index contributed by atoms with van der Waals surface area (Å²) < 4.78 is 5.58. The number of nitrogens with zero attached hydrogens (tertiary/aromatic N) is 2. The van der Waals surface area contributed by atoms with E-state index in [-0.39, 0.29) is 11.9 Å². The van der Waals surface area contributed by atoms with E-state index >= 15 is 0 Å². The summed E-state index contributed by atoms with van der Waals surface area (Å²) in [6.07, 6.45) is 1.87. The highest BCUT2D eigenvalue weighted by Crippen LogP contribution is 2.19. The van der Waals surface area contributed by atoms with Crippen LogP contribution in [0.4, 0.5) is 5.82 Å². The Morgan fingerprint density at radius 3 is 2.88 bits per heavy atom. The summed E-state index contributed by atoms with van der Waals surface area (Å²) in [5, 5.41) is 7.33. The monoisotopic (exact) mass is 234 g/mol. The van der Waals surface area contributed by atoms with E-state index in [9.17, 15) is 0 Å². The molecule has 5 heteroatoms. The fourth-order valence-corrected chi connectivity index (χ4v) is 1.94. The van der Waals surface area contributed by atoms with Crippen molar-refractivity contribution in [1.29, 1.82) is 5.41 Å². The molecule has 1 saturated heterocycles. The lowest BCUT2D eigenvalue weighted by Crippen LogP contribution is -2.47. The van der Waals surface area contributed by atoms with Gasteiger partial charge >= 0.3 is 0 Å². The molecule has 92 valence electrons. The van der Waals surface area contributed by atoms with Crippen LogP contribution in [0.25, 0.3) is 0 Å². The van der Waals surface area contributed by atoms with Crippen molar-refractivity contribution in [2.45, 2.75) is 26.0 Å². The normalized spacial score (nSPS) is 24.7. The zero-order valence-corrected chi connectivity index (χ0v) is 10.2. The van der Waals surface area contributed by atoms with Crippen LogP contribution in [0.15, 0.2) is 18.3 Å². The third-order valence-corrected chi connectivity index (χ3v) is 2.96. The first-order valence-electron chi connectivity index (χ1n) is 5.76. The van der Waals surface area contributed by atoms with E-state index in [1.807, 2.05) is 12.1 Å². The first-order chi connectivity index (χ1) is 8.08. The zero-order valence-electron chi connectivity index (χ0n) is 10.2. The number of pyridine rings is 1.